The number of hydrogen-bond acceptors (Lipinski definition) is 5. The Morgan fingerprint density at radius 3 is 2.69 bits per heavy atom. The topological polar surface area (TPSA) is 84.5 Å². The maximum atomic E-state index is 12.3. The summed E-state index contributed by atoms with van der Waals surface area (Å²) in [6.45, 7) is 3.69. The van der Waals surface area contributed by atoms with Crippen LogP contribution in [0.5, 0.6) is 0 Å². The summed E-state index contributed by atoms with van der Waals surface area (Å²) in [5, 5.41) is 5.03. The Hall–Kier alpha value is -1.89. The summed E-state index contributed by atoms with van der Waals surface area (Å²) in [5.74, 6) is -0.483. The molecule has 2 aliphatic rings. The smallest absolute Gasteiger partial charge is 0.349 e. The van der Waals surface area contributed by atoms with Crippen molar-refractivity contribution in [2.24, 2.45) is 5.92 Å². The molecular weight excluding hydrogens is 352 g/mol. The molecule has 3 rings (SSSR count). The summed E-state index contributed by atoms with van der Waals surface area (Å²) in [5.41, 5.74) is 1.22. The van der Waals surface area contributed by atoms with Gasteiger partial charge in [-0.05, 0) is 56.6 Å². The first-order valence-electron chi connectivity index (χ1n) is 9.36. The number of hydrogen-bond donors (Lipinski definition) is 2. The van der Waals surface area contributed by atoms with E-state index in [-0.39, 0.29) is 6.04 Å². The van der Waals surface area contributed by atoms with Gasteiger partial charge in [-0.2, -0.15) is 0 Å². The summed E-state index contributed by atoms with van der Waals surface area (Å²) < 4.78 is 5.25. The monoisotopic (exact) mass is 378 g/mol. The molecule has 1 aromatic rings. The van der Waals surface area contributed by atoms with Crippen LogP contribution in [0.3, 0.4) is 0 Å². The molecule has 1 aromatic heterocycles. The van der Waals surface area contributed by atoms with Crippen molar-refractivity contribution in [3.63, 3.8) is 0 Å². The maximum absolute atomic E-state index is 12.3. The van der Waals surface area contributed by atoms with Crippen LogP contribution in [-0.2, 0) is 22.4 Å². The lowest BCUT2D eigenvalue weighted by Gasteiger charge is -2.16. The van der Waals surface area contributed by atoms with Gasteiger partial charge in [0.15, 0.2) is 6.10 Å². The van der Waals surface area contributed by atoms with E-state index in [2.05, 4.69) is 17.6 Å². The van der Waals surface area contributed by atoms with E-state index in [1.54, 1.807) is 0 Å². The van der Waals surface area contributed by atoms with Gasteiger partial charge < -0.3 is 10.1 Å². The van der Waals surface area contributed by atoms with E-state index in [1.165, 1.54) is 28.7 Å². The van der Waals surface area contributed by atoms with Crippen LogP contribution in [0.2, 0.25) is 0 Å². The standard InChI is InChI=1S/C19H26N2O4S/c1-11-7-8-15-13(9-11)10-16(26-15)18(23)25-12(2)17(22)21-19(24)20-14-5-3-4-6-14/h10-12,14H,3-9H2,1-2H3,(H2,20,21,22,24)/t11-,12+/m1/s1. The van der Waals surface area contributed by atoms with Gasteiger partial charge in [-0.1, -0.05) is 19.8 Å². The molecule has 0 aromatic carbocycles. The lowest BCUT2D eigenvalue weighted by molar-refractivity contribution is -0.127. The quantitative estimate of drug-likeness (QED) is 0.788. The van der Waals surface area contributed by atoms with E-state index >= 15 is 0 Å². The van der Waals surface area contributed by atoms with Crippen molar-refractivity contribution >= 4 is 29.2 Å². The largest absolute Gasteiger partial charge is 0.448 e. The van der Waals surface area contributed by atoms with Gasteiger partial charge in [0, 0.05) is 10.9 Å². The van der Waals surface area contributed by atoms with Crippen LogP contribution in [0.15, 0.2) is 6.07 Å². The van der Waals surface area contributed by atoms with Crippen molar-refractivity contribution in [2.45, 2.75) is 70.9 Å². The number of esters is 1. The van der Waals surface area contributed by atoms with Crippen LogP contribution in [0.1, 0.15) is 66.1 Å². The Balaban J connectivity index is 1.50. The molecule has 7 heteroatoms. The third kappa shape index (κ3) is 4.63. The van der Waals surface area contributed by atoms with Gasteiger partial charge in [0.05, 0.1) is 0 Å². The van der Waals surface area contributed by atoms with Crippen molar-refractivity contribution in [1.29, 1.82) is 0 Å². The Kier molecular flexibility index (Phi) is 5.96. The van der Waals surface area contributed by atoms with E-state index < -0.39 is 24.0 Å². The molecule has 2 aliphatic carbocycles. The number of fused-ring (bicyclic) bond motifs is 1. The first-order valence-corrected chi connectivity index (χ1v) is 10.2. The summed E-state index contributed by atoms with van der Waals surface area (Å²) in [6, 6.07) is 1.49. The summed E-state index contributed by atoms with van der Waals surface area (Å²) in [7, 11) is 0. The minimum absolute atomic E-state index is 0.125. The number of imide groups is 1. The molecule has 0 aliphatic heterocycles. The summed E-state index contributed by atoms with van der Waals surface area (Å²) in [6.07, 6.45) is 6.16. The zero-order chi connectivity index (χ0) is 18.7. The third-order valence-corrected chi connectivity index (χ3v) is 6.33. The Morgan fingerprint density at radius 2 is 1.96 bits per heavy atom. The van der Waals surface area contributed by atoms with E-state index in [1.807, 2.05) is 6.07 Å². The second-order valence-electron chi connectivity index (χ2n) is 7.40. The number of thiophene rings is 1. The second kappa shape index (κ2) is 8.20. The molecule has 6 nitrogen and oxygen atoms in total. The van der Waals surface area contributed by atoms with Gasteiger partial charge >= 0.3 is 12.0 Å². The molecule has 142 valence electrons. The van der Waals surface area contributed by atoms with Crippen LogP contribution in [0.25, 0.3) is 0 Å². The van der Waals surface area contributed by atoms with Crippen LogP contribution in [0, 0.1) is 5.92 Å². The molecule has 1 fully saturated rings. The predicted molar refractivity (Wildman–Crippen MR) is 99.3 cm³/mol. The van der Waals surface area contributed by atoms with Crippen LogP contribution in [0.4, 0.5) is 4.79 Å². The molecule has 1 saturated carbocycles. The molecule has 0 saturated heterocycles. The van der Waals surface area contributed by atoms with Gasteiger partial charge in [-0.25, -0.2) is 9.59 Å². The highest BCUT2D eigenvalue weighted by molar-refractivity contribution is 7.14. The molecule has 26 heavy (non-hydrogen) atoms. The predicted octanol–water partition coefficient (Wildman–Crippen LogP) is 3.19. The maximum Gasteiger partial charge on any atom is 0.349 e. The molecule has 0 unspecified atom stereocenters. The molecule has 0 spiro atoms. The minimum Gasteiger partial charge on any atom is -0.448 e. The van der Waals surface area contributed by atoms with Crippen molar-refractivity contribution in [3.05, 3.63) is 21.4 Å². The summed E-state index contributed by atoms with van der Waals surface area (Å²) in [4.78, 5) is 38.0. The van der Waals surface area contributed by atoms with Gasteiger partial charge in [-0.3, -0.25) is 10.1 Å². The van der Waals surface area contributed by atoms with Gasteiger partial charge in [0.2, 0.25) is 0 Å². The van der Waals surface area contributed by atoms with Crippen LogP contribution in [-0.4, -0.2) is 30.1 Å². The first kappa shape index (κ1) is 18.9. The zero-order valence-electron chi connectivity index (χ0n) is 15.3. The minimum atomic E-state index is -1.02. The average molecular weight is 378 g/mol. The van der Waals surface area contributed by atoms with E-state index in [0.29, 0.717) is 10.8 Å². The second-order valence-corrected chi connectivity index (χ2v) is 8.54. The van der Waals surface area contributed by atoms with Crippen LogP contribution < -0.4 is 10.6 Å². The Bertz CT molecular complexity index is 694. The van der Waals surface area contributed by atoms with E-state index in [4.69, 9.17) is 4.74 Å². The fourth-order valence-electron chi connectivity index (χ4n) is 3.58. The van der Waals surface area contributed by atoms with Crippen molar-refractivity contribution in [2.75, 3.05) is 0 Å². The normalized spacial score (nSPS) is 20.9. The number of urea groups is 1. The molecule has 3 amide bonds. The van der Waals surface area contributed by atoms with Gasteiger partial charge in [0.25, 0.3) is 5.91 Å². The molecular formula is C19H26N2O4S. The summed E-state index contributed by atoms with van der Waals surface area (Å²) >= 11 is 1.45. The lowest BCUT2D eigenvalue weighted by atomic mass is 9.90. The Morgan fingerprint density at radius 1 is 1.23 bits per heavy atom. The van der Waals surface area contributed by atoms with E-state index in [9.17, 15) is 14.4 Å². The fourth-order valence-corrected chi connectivity index (χ4v) is 4.68. The molecule has 0 bridgehead atoms. The lowest BCUT2D eigenvalue weighted by Crippen LogP contribution is -2.47. The zero-order valence-corrected chi connectivity index (χ0v) is 16.1. The van der Waals surface area contributed by atoms with E-state index in [0.717, 1.165) is 44.9 Å². The van der Waals surface area contributed by atoms with Crippen molar-refractivity contribution in [1.82, 2.24) is 10.6 Å². The first-order chi connectivity index (χ1) is 12.4. The highest BCUT2D eigenvalue weighted by atomic mass is 32.1. The number of carbonyl (C=O) groups is 3. The molecule has 0 radical (unpaired) electrons. The number of nitrogens with one attached hydrogen (secondary N) is 2. The number of amides is 3. The van der Waals surface area contributed by atoms with Gasteiger partial charge in [0.1, 0.15) is 4.88 Å². The van der Waals surface area contributed by atoms with Gasteiger partial charge in [-0.15, -0.1) is 11.3 Å². The highest BCUT2D eigenvalue weighted by Crippen LogP contribution is 2.32. The number of rotatable bonds is 4. The average Bonchev–Trinajstić information content (AvgIpc) is 3.23. The molecule has 2 atom stereocenters. The third-order valence-electron chi connectivity index (χ3n) is 5.11. The number of aryl methyl sites for hydroxylation is 1. The van der Waals surface area contributed by atoms with Crippen molar-refractivity contribution < 1.29 is 19.1 Å². The SMILES string of the molecule is C[C@@H]1CCc2sc(C(=O)O[C@@H](C)C(=O)NC(=O)NC3CCCC3)cc2C1. The molecule has 2 N–H and O–H groups in total. The van der Waals surface area contributed by atoms with Crippen molar-refractivity contribution in [3.8, 4) is 0 Å². The van der Waals surface area contributed by atoms with Crippen LogP contribution >= 0.6 is 11.3 Å². The fraction of sp³-hybridized carbons (Fsp3) is 0.632. The molecule has 1 heterocycles. The highest BCUT2D eigenvalue weighted by Gasteiger charge is 2.25. The Labute approximate surface area is 157 Å². The number of carbonyl (C=O) groups excluding carboxylic acids is 3. The number of ether oxygens (including phenoxy) is 1.